The minimum Gasteiger partial charge on any atom is -0.497 e. The van der Waals surface area contributed by atoms with Gasteiger partial charge < -0.3 is 9.47 Å². The van der Waals surface area contributed by atoms with Gasteiger partial charge in [-0.15, -0.1) is 11.3 Å². The third-order valence-corrected chi connectivity index (χ3v) is 4.32. The molecule has 0 amide bonds. The molecule has 0 bridgehead atoms. The number of rotatable bonds is 5. The van der Waals surface area contributed by atoms with E-state index in [4.69, 9.17) is 9.47 Å². The average Bonchev–Trinajstić information content (AvgIpc) is 3.11. The molecule has 3 rings (SSSR count). The lowest BCUT2D eigenvalue weighted by atomic mass is 10.2. The number of hydrogen-bond acceptors (Lipinski definition) is 5. The van der Waals surface area contributed by atoms with E-state index in [2.05, 4.69) is 4.98 Å². The Kier molecular flexibility index (Phi) is 5.04. The van der Waals surface area contributed by atoms with Gasteiger partial charge in [0.25, 0.3) is 0 Å². The number of carbonyl (C=O) groups excluding carboxylic acids is 1. The topological polar surface area (TPSA) is 48.4 Å². The van der Waals surface area contributed by atoms with Crippen molar-refractivity contribution >= 4 is 17.3 Å². The number of hydrogen-bond donors (Lipinski definition) is 0. The summed E-state index contributed by atoms with van der Waals surface area (Å²) in [6, 6.07) is 10.3. The first kappa shape index (κ1) is 17.0. The Labute approximate surface area is 146 Å². The maximum absolute atomic E-state index is 13.2. The summed E-state index contributed by atoms with van der Waals surface area (Å²) in [6.07, 6.45) is 0. The third-order valence-electron chi connectivity index (χ3n) is 3.37. The van der Waals surface area contributed by atoms with E-state index in [1.165, 1.54) is 17.4 Å². The number of nitrogens with zero attached hydrogens (tertiary/aromatic N) is 1. The van der Waals surface area contributed by atoms with Crippen LogP contribution in [0.3, 0.4) is 0 Å². The molecule has 0 N–H and O–H groups in total. The summed E-state index contributed by atoms with van der Waals surface area (Å²) in [5, 5.41) is 2.53. The maximum Gasteiger partial charge on any atom is 0.338 e. The van der Waals surface area contributed by atoms with Gasteiger partial charge in [0.05, 0.1) is 18.4 Å². The van der Waals surface area contributed by atoms with E-state index >= 15 is 0 Å². The van der Waals surface area contributed by atoms with Gasteiger partial charge in [0, 0.05) is 10.9 Å². The molecule has 128 valence electrons. The third kappa shape index (κ3) is 4.00. The van der Waals surface area contributed by atoms with E-state index in [-0.39, 0.29) is 12.2 Å². The lowest BCUT2D eigenvalue weighted by Crippen LogP contribution is -2.06. The Balaban J connectivity index is 1.67. The molecule has 0 radical (unpaired) electrons. The van der Waals surface area contributed by atoms with E-state index in [0.29, 0.717) is 5.69 Å². The summed E-state index contributed by atoms with van der Waals surface area (Å²) in [7, 11) is 1.59. The summed E-state index contributed by atoms with van der Waals surface area (Å²) < 4.78 is 36.3. The molecule has 0 saturated heterocycles. The molecular formula is C18H13F2NO3S. The van der Waals surface area contributed by atoms with Gasteiger partial charge in [0.15, 0.2) is 11.6 Å². The van der Waals surface area contributed by atoms with Gasteiger partial charge in [-0.25, -0.2) is 18.6 Å². The first-order valence-corrected chi connectivity index (χ1v) is 8.16. The highest BCUT2D eigenvalue weighted by Crippen LogP contribution is 2.27. The fraction of sp³-hybridized carbons (Fsp3) is 0.111. The van der Waals surface area contributed by atoms with Crippen LogP contribution in [0.4, 0.5) is 8.78 Å². The summed E-state index contributed by atoms with van der Waals surface area (Å²) >= 11 is 1.41. The van der Waals surface area contributed by atoms with Crippen molar-refractivity contribution in [3.8, 4) is 16.3 Å². The van der Waals surface area contributed by atoms with Gasteiger partial charge in [-0.05, 0) is 30.3 Å². The van der Waals surface area contributed by atoms with E-state index < -0.39 is 17.6 Å². The molecule has 1 aromatic heterocycles. The Morgan fingerprint density at radius 3 is 2.76 bits per heavy atom. The van der Waals surface area contributed by atoms with E-state index in [1.807, 2.05) is 24.3 Å². The Hall–Kier alpha value is -2.80. The van der Waals surface area contributed by atoms with Gasteiger partial charge in [-0.2, -0.15) is 0 Å². The van der Waals surface area contributed by atoms with Crippen molar-refractivity contribution in [3.05, 3.63) is 70.7 Å². The number of esters is 1. The van der Waals surface area contributed by atoms with Gasteiger partial charge in [0.1, 0.15) is 17.4 Å². The van der Waals surface area contributed by atoms with E-state index in [9.17, 15) is 13.6 Å². The first-order chi connectivity index (χ1) is 12.1. The van der Waals surface area contributed by atoms with E-state index in [0.717, 1.165) is 28.5 Å². The molecule has 0 aliphatic heterocycles. The molecule has 0 saturated carbocycles. The van der Waals surface area contributed by atoms with Crippen LogP contribution in [0.5, 0.6) is 5.75 Å². The molecule has 4 nitrogen and oxygen atoms in total. The minimum absolute atomic E-state index is 0.0536. The molecule has 0 fully saturated rings. The Morgan fingerprint density at radius 1 is 1.16 bits per heavy atom. The quantitative estimate of drug-likeness (QED) is 0.630. The SMILES string of the molecule is COc1cccc(-c2nc(COC(=O)c3ccc(F)c(F)c3)cs2)c1. The Bertz CT molecular complexity index is 911. The van der Waals surface area contributed by atoms with Crippen molar-refractivity contribution in [2.75, 3.05) is 7.11 Å². The number of benzene rings is 2. The maximum atomic E-state index is 13.2. The molecule has 1 heterocycles. The fourth-order valence-electron chi connectivity index (χ4n) is 2.11. The zero-order chi connectivity index (χ0) is 17.8. The van der Waals surface area contributed by atoms with Crippen LogP contribution in [-0.2, 0) is 11.3 Å². The second-order valence-electron chi connectivity index (χ2n) is 5.08. The van der Waals surface area contributed by atoms with Crippen LogP contribution in [-0.4, -0.2) is 18.1 Å². The van der Waals surface area contributed by atoms with Gasteiger partial charge in [-0.3, -0.25) is 0 Å². The number of carbonyl (C=O) groups is 1. The molecule has 0 unspecified atom stereocenters. The number of methoxy groups -OCH3 is 1. The van der Waals surface area contributed by atoms with Crippen molar-refractivity contribution < 1.29 is 23.0 Å². The van der Waals surface area contributed by atoms with Crippen LogP contribution in [0.15, 0.2) is 47.8 Å². The number of thiazole rings is 1. The zero-order valence-electron chi connectivity index (χ0n) is 13.2. The monoisotopic (exact) mass is 361 g/mol. The Morgan fingerprint density at radius 2 is 2.00 bits per heavy atom. The van der Waals surface area contributed by atoms with Crippen LogP contribution in [0, 0.1) is 11.6 Å². The van der Waals surface area contributed by atoms with Crippen molar-refractivity contribution in [1.82, 2.24) is 4.98 Å². The van der Waals surface area contributed by atoms with Crippen molar-refractivity contribution in [3.63, 3.8) is 0 Å². The second-order valence-corrected chi connectivity index (χ2v) is 5.94. The van der Waals surface area contributed by atoms with Crippen molar-refractivity contribution in [2.24, 2.45) is 0 Å². The highest BCUT2D eigenvalue weighted by atomic mass is 32.1. The molecule has 2 aromatic carbocycles. The van der Waals surface area contributed by atoms with Gasteiger partial charge >= 0.3 is 5.97 Å². The molecule has 7 heteroatoms. The van der Waals surface area contributed by atoms with Crippen LogP contribution >= 0.6 is 11.3 Å². The smallest absolute Gasteiger partial charge is 0.338 e. The number of aromatic nitrogens is 1. The van der Waals surface area contributed by atoms with Crippen LogP contribution in [0.25, 0.3) is 10.6 Å². The van der Waals surface area contributed by atoms with Crippen LogP contribution < -0.4 is 4.74 Å². The van der Waals surface area contributed by atoms with Crippen molar-refractivity contribution in [1.29, 1.82) is 0 Å². The minimum atomic E-state index is -1.09. The van der Waals surface area contributed by atoms with Gasteiger partial charge in [-0.1, -0.05) is 12.1 Å². The molecule has 0 atom stereocenters. The van der Waals surface area contributed by atoms with Gasteiger partial charge in [0.2, 0.25) is 0 Å². The second kappa shape index (κ2) is 7.40. The fourth-order valence-corrected chi connectivity index (χ4v) is 2.91. The summed E-state index contributed by atoms with van der Waals surface area (Å²) in [4.78, 5) is 16.3. The highest BCUT2D eigenvalue weighted by molar-refractivity contribution is 7.13. The molecule has 25 heavy (non-hydrogen) atoms. The average molecular weight is 361 g/mol. The largest absolute Gasteiger partial charge is 0.497 e. The van der Waals surface area contributed by atoms with Crippen LogP contribution in [0.1, 0.15) is 16.1 Å². The van der Waals surface area contributed by atoms with Crippen LogP contribution in [0.2, 0.25) is 0 Å². The van der Waals surface area contributed by atoms with E-state index in [1.54, 1.807) is 12.5 Å². The molecule has 0 aliphatic carbocycles. The van der Waals surface area contributed by atoms with Crippen molar-refractivity contribution in [2.45, 2.75) is 6.61 Å². The number of halogens is 2. The molecule has 3 aromatic rings. The zero-order valence-corrected chi connectivity index (χ0v) is 14.0. The summed E-state index contributed by atoms with van der Waals surface area (Å²) in [5.41, 5.74) is 1.41. The molecular weight excluding hydrogens is 348 g/mol. The first-order valence-electron chi connectivity index (χ1n) is 7.28. The lowest BCUT2D eigenvalue weighted by Gasteiger charge is -2.03. The lowest BCUT2D eigenvalue weighted by molar-refractivity contribution is 0.0468. The summed E-state index contributed by atoms with van der Waals surface area (Å²) in [5.74, 6) is -2.13. The highest BCUT2D eigenvalue weighted by Gasteiger charge is 2.12. The predicted molar refractivity (Wildman–Crippen MR) is 89.6 cm³/mol. The predicted octanol–water partition coefficient (Wildman–Crippen LogP) is 4.45. The summed E-state index contributed by atoms with van der Waals surface area (Å²) in [6.45, 7) is -0.0572. The number of ether oxygens (including phenoxy) is 2. The normalized spacial score (nSPS) is 10.5. The standard InChI is InChI=1S/C18H13F2NO3S/c1-23-14-4-2-3-11(7-14)17-21-13(10-25-17)9-24-18(22)12-5-6-15(19)16(20)8-12/h2-8,10H,9H2,1H3. The molecule has 0 spiro atoms. The molecule has 0 aliphatic rings.